The van der Waals surface area contributed by atoms with Gasteiger partial charge < -0.3 is 24.8 Å². The highest BCUT2D eigenvalue weighted by atomic mass is 16.4. The second-order valence-electron chi connectivity index (χ2n) is 9.71. The molecule has 0 amide bonds. The first-order valence-electron chi connectivity index (χ1n) is 12.9. The lowest BCUT2D eigenvalue weighted by Gasteiger charge is -2.32. The Kier molecular flexibility index (Phi) is 7.48. The summed E-state index contributed by atoms with van der Waals surface area (Å²) >= 11 is 0. The highest BCUT2D eigenvalue weighted by Gasteiger charge is 2.18. The van der Waals surface area contributed by atoms with Gasteiger partial charge in [0.25, 0.3) is 0 Å². The van der Waals surface area contributed by atoms with E-state index in [-0.39, 0.29) is 10.9 Å². The minimum Gasteiger partial charge on any atom is -0.477 e. The number of nitrogens with one attached hydrogen (secondary N) is 1. The van der Waals surface area contributed by atoms with E-state index in [2.05, 4.69) is 51.2 Å². The van der Waals surface area contributed by atoms with Crippen LogP contribution in [0.15, 0.2) is 65.7 Å². The number of carbonyl (C=O) groups is 1. The van der Waals surface area contributed by atoms with Crippen LogP contribution in [0.4, 0.5) is 11.6 Å². The van der Waals surface area contributed by atoms with Crippen molar-refractivity contribution < 1.29 is 9.90 Å². The summed E-state index contributed by atoms with van der Waals surface area (Å²) in [7, 11) is 2.17. The van der Waals surface area contributed by atoms with Crippen molar-refractivity contribution in [1.29, 1.82) is 0 Å². The first kappa shape index (κ1) is 25.6. The number of carboxylic acids is 1. The molecule has 1 saturated heterocycles. The van der Waals surface area contributed by atoms with Crippen molar-refractivity contribution in [3.63, 3.8) is 0 Å². The highest BCUT2D eigenvalue weighted by Crippen LogP contribution is 2.20. The van der Waals surface area contributed by atoms with Crippen LogP contribution >= 0.6 is 0 Å². The van der Waals surface area contributed by atoms with E-state index >= 15 is 0 Å². The zero-order valence-electron chi connectivity index (χ0n) is 21.7. The quantitative estimate of drug-likeness (QED) is 0.369. The number of rotatable bonds is 8. The molecular formula is C29H32N6O3. The molecule has 38 heavy (non-hydrogen) atoms. The minimum atomic E-state index is -1.29. The summed E-state index contributed by atoms with van der Waals surface area (Å²) in [5, 5.41) is 13.0. The average Bonchev–Trinajstić information content (AvgIpc) is 2.94. The summed E-state index contributed by atoms with van der Waals surface area (Å²) in [6, 6.07) is 15.9. The minimum absolute atomic E-state index is 0.147. The molecule has 0 bridgehead atoms. The normalized spacial score (nSPS) is 14.6. The molecule has 0 unspecified atom stereocenters. The molecule has 9 heteroatoms. The Morgan fingerprint density at radius 3 is 2.34 bits per heavy atom. The van der Waals surface area contributed by atoms with Gasteiger partial charge in [-0.2, -0.15) is 4.98 Å². The predicted octanol–water partition coefficient (Wildman–Crippen LogP) is 3.57. The highest BCUT2D eigenvalue weighted by molar-refractivity contribution is 5.92. The number of pyridine rings is 1. The molecule has 4 aromatic rings. The standard InChI is InChI=1S/C29H32N6O3/c1-3-20-6-10-23(11-7-20)35-19-25(28(37)38)26(36)24-18-30-29(32-27(24)35)31-22-8-4-21(5-9-22)12-13-34-16-14-33(2)15-17-34/h4-11,18-19H,3,12-17H2,1-2H3,(H,37,38)(H,30,31,32). The van der Waals surface area contributed by atoms with Crippen LogP contribution in [0.25, 0.3) is 16.7 Å². The Morgan fingerprint density at radius 2 is 1.68 bits per heavy atom. The summed E-state index contributed by atoms with van der Waals surface area (Å²) in [5.74, 6) is -0.963. The van der Waals surface area contributed by atoms with E-state index in [0.717, 1.165) is 56.8 Å². The molecule has 5 rings (SSSR count). The third-order valence-electron chi connectivity index (χ3n) is 7.12. The third kappa shape index (κ3) is 5.58. The van der Waals surface area contributed by atoms with E-state index < -0.39 is 11.4 Å². The van der Waals surface area contributed by atoms with E-state index in [4.69, 9.17) is 0 Å². The first-order valence-corrected chi connectivity index (χ1v) is 12.9. The lowest BCUT2D eigenvalue weighted by Crippen LogP contribution is -2.45. The smallest absolute Gasteiger partial charge is 0.341 e. The Hall–Kier alpha value is -4.08. The Balaban J connectivity index is 1.39. The molecular weight excluding hydrogens is 480 g/mol. The number of nitrogens with zero attached hydrogens (tertiary/aromatic N) is 5. The lowest BCUT2D eigenvalue weighted by atomic mass is 10.1. The van der Waals surface area contributed by atoms with Gasteiger partial charge in [-0.05, 0) is 55.3 Å². The molecule has 1 aliphatic heterocycles. The number of likely N-dealkylation sites (N-methyl/N-ethyl adjacent to an activating group) is 1. The average molecular weight is 513 g/mol. The zero-order chi connectivity index (χ0) is 26.6. The monoisotopic (exact) mass is 512 g/mol. The maximum atomic E-state index is 12.9. The Labute approximate surface area is 221 Å². The number of hydrogen-bond acceptors (Lipinski definition) is 7. The van der Waals surface area contributed by atoms with Crippen LogP contribution in [0.2, 0.25) is 0 Å². The van der Waals surface area contributed by atoms with Crippen molar-refractivity contribution in [3.05, 3.63) is 87.8 Å². The van der Waals surface area contributed by atoms with Gasteiger partial charge in [-0.15, -0.1) is 0 Å². The molecule has 0 radical (unpaired) electrons. The molecule has 3 heterocycles. The van der Waals surface area contributed by atoms with Crippen molar-refractivity contribution >= 4 is 28.6 Å². The number of fused-ring (bicyclic) bond motifs is 1. The van der Waals surface area contributed by atoms with Gasteiger partial charge in [0.2, 0.25) is 11.4 Å². The van der Waals surface area contributed by atoms with E-state index in [1.54, 1.807) is 4.57 Å². The van der Waals surface area contributed by atoms with E-state index in [0.29, 0.717) is 17.3 Å². The molecule has 0 spiro atoms. The summed E-state index contributed by atoms with van der Waals surface area (Å²) in [4.78, 5) is 38.4. The van der Waals surface area contributed by atoms with E-state index in [1.807, 2.05) is 36.4 Å². The SMILES string of the molecule is CCc1ccc(-n2cc(C(=O)O)c(=O)c3cnc(Nc4ccc(CCN5CCN(C)CC5)cc4)nc32)cc1. The molecule has 196 valence electrons. The van der Waals surface area contributed by atoms with Gasteiger partial charge >= 0.3 is 5.97 Å². The van der Waals surface area contributed by atoms with Crippen molar-refractivity contribution in [3.8, 4) is 5.69 Å². The van der Waals surface area contributed by atoms with E-state index in [9.17, 15) is 14.7 Å². The molecule has 0 aliphatic carbocycles. The molecule has 9 nitrogen and oxygen atoms in total. The van der Waals surface area contributed by atoms with Crippen molar-refractivity contribution in [2.45, 2.75) is 19.8 Å². The summed E-state index contributed by atoms with van der Waals surface area (Å²) < 4.78 is 1.63. The maximum Gasteiger partial charge on any atom is 0.341 e. The van der Waals surface area contributed by atoms with Crippen LogP contribution in [0.1, 0.15) is 28.4 Å². The number of anilines is 2. The summed E-state index contributed by atoms with van der Waals surface area (Å²) in [6.07, 6.45) is 4.60. The van der Waals surface area contributed by atoms with Crippen molar-refractivity contribution in [2.24, 2.45) is 0 Å². The molecule has 2 aromatic carbocycles. The molecule has 0 atom stereocenters. The Morgan fingerprint density at radius 1 is 1.00 bits per heavy atom. The van der Waals surface area contributed by atoms with Crippen molar-refractivity contribution in [1.82, 2.24) is 24.3 Å². The number of aromatic carboxylic acids is 1. The molecule has 1 fully saturated rings. The van der Waals surface area contributed by atoms with Crippen molar-refractivity contribution in [2.75, 3.05) is 45.1 Å². The van der Waals surface area contributed by atoms with Gasteiger partial charge in [0.05, 0.1) is 5.39 Å². The van der Waals surface area contributed by atoms with Gasteiger partial charge in [0.15, 0.2) is 5.65 Å². The molecule has 2 aromatic heterocycles. The molecule has 1 aliphatic rings. The molecule has 0 saturated carbocycles. The van der Waals surface area contributed by atoms with Gasteiger partial charge in [0, 0.05) is 56.5 Å². The first-order chi connectivity index (χ1) is 18.4. The fourth-order valence-corrected chi connectivity index (χ4v) is 4.65. The van der Waals surface area contributed by atoms with Crippen LogP contribution < -0.4 is 10.7 Å². The second kappa shape index (κ2) is 11.1. The summed E-state index contributed by atoms with van der Waals surface area (Å²) in [6.45, 7) is 7.56. The van der Waals surface area contributed by atoms with Crippen LogP contribution in [0.5, 0.6) is 0 Å². The van der Waals surface area contributed by atoms with Gasteiger partial charge in [-0.3, -0.25) is 4.79 Å². The fourth-order valence-electron chi connectivity index (χ4n) is 4.65. The number of hydrogen-bond donors (Lipinski definition) is 2. The van der Waals surface area contributed by atoms with Gasteiger partial charge in [-0.25, -0.2) is 9.78 Å². The maximum absolute atomic E-state index is 12.9. The van der Waals surface area contributed by atoms with Crippen LogP contribution in [-0.4, -0.2) is 75.2 Å². The van der Waals surface area contributed by atoms with E-state index in [1.165, 1.54) is 18.0 Å². The largest absolute Gasteiger partial charge is 0.477 e. The van der Waals surface area contributed by atoms with Crippen LogP contribution in [0.3, 0.4) is 0 Å². The number of benzene rings is 2. The third-order valence-corrected chi connectivity index (χ3v) is 7.12. The fraction of sp³-hybridized carbons (Fsp3) is 0.310. The molecule has 2 N–H and O–H groups in total. The predicted molar refractivity (Wildman–Crippen MR) is 149 cm³/mol. The number of carboxylic acid groups (broad SMARTS) is 1. The lowest BCUT2D eigenvalue weighted by molar-refractivity contribution is 0.0695. The topological polar surface area (TPSA) is 104 Å². The summed E-state index contributed by atoms with van der Waals surface area (Å²) in [5.41, 5.74) is 3.37. The number of aryl methyl sites for hydroxylation is 1. The Bertz CT molecular complexity index is 1490. The van der Waals surface area contributed by atoms with Gasteiger partial charge in [0.1, 0.15) is 5.56 Å². The number of piperazine rings is 1. The van der Waals surface area contributed by atoms with Crippen LogP contribution in [-0.2, 0) is 12.8 Å². The van der Waals surface area contributed by atoms with Gasteiger partial charge in [-0.1, -0.05) is 31.2 Å². The van der Waals surface area contributed by atoms with Crippen LogP contribution in [0, 0.1) is 0 Å². The number of aromatic nitrogens is 3. The zero-order valence-corrected chi connectivity index (χ0v) is 21.7. The second-order valence-corrected chi connectivity index (χ2v) is 9.71.